The van der Waals surface area contributed by atoms with Gasteiger partial charge in [-0.05, 0) is 23.8 Å². The van der Waals surface area contributed by atoms with E-state index in [1.54, 1.807) is 11.8 Å². The molecule has 0 bridgehead atoms. The van der Waals surface area contributed by atoms with Crippen LogP contribution < -0.4 is 4.90 Å². The fourth-order valence-corrected chi connectivity index (χ4v) is 3.88. The van der Waals surface area contributed by atoms with Crippen molar-refractivity contribution < 1.29 is 4.79 Å². The maximum Gasteiger partial charge on any atom is 0.232 e. The van der Waals surface area contributed by atoms with Gasteiger partial charge in [-0.2, -0.15) is 5.26 Å². The van der Waals surface area contributed by atoms with Gasteiger partial charge in [0.1, 0.15) is 0 Å². The van der Waals surface area contributed by atoms with E-state index in [0.29, 0.717) is 17.1 Å². The maximum atomic E-state index is 12.4. The average molecular weight is 351 g/mol. The third kappa shape index (κ3) is 4.55. The van der Waals surface area contributed by atoms with Crippen LogP contribution in [0.5, 0.6) is 0 Å². The average Bonchev–Trinajstić information content (AvgIpc) is 2.69. The van der Waals surface area contributed by atoms with Crippen LogP contribution in [0.4, 0.5) is 5.69 Å². The van der Waals surface area contributed by atoms with Crippen LogP contribution in [0, 0.1) is 11.3 Å². The summed E-state index contributed by atoms with van der Waals surface area (Å²) < 4.78 is 0. The Hall–Kier alpha value is -2.45. The molecule has 1 aliphatic heterocycles. The second-order valence-electron chi connectivity index (χ2n) is 5.97. The molecular weight excluding hydrogens is 330 g/mol. The van der Waals surface area contributed by atoms with Crippen LogP contribution in [0.3, 0.4) is 0 Å². The zero-order chi connectivity index (χ0) is 17.5. The molecule has 0 aromatic heterocycles. The van der Waals surface area contributed by atoms with Crippen molar-refractivity contribution in [3.63, 3.8) is 0 Å². The predicted octanol–water partition coefficient (Wildman–Crippen LogP) is 3.14. The summed E-state index contributed by atoms with van der Waals surface area (Å²) >= 11 is 1.58. The van der Waals surface area contributed by atoms with Crippen molar-refractivity contribution in [1.82, 2.24) is 4.90 Å². The van der Waals surface area contributed by atoms with Gasteiger partial charge in [-0.15, -0.1) is 11.8 Å². The van der Waals surface area contributed by atoms with E-state index in [1.807, 2.05) is 47.4 Å². The minimum Gasteiger partial charge on any atom is -0.368 e. The van der Waals surface area contributed by atoms with Crippen molar-refractivity contribution >= 4 is 23.4 Å². The Morgan fingerprint density at radius 2 is 1.68 bits per heavy atom. The Labute approximate surface area is 153 Å². The smallest absolute Gasteiger partial charge is 0.232 e. The highest BCUT2D eigenvalue weighted by molar-refractivity contribution is 7.99. The maximum absolute atomic E-state index is 12.4. The van der Waals surface area contributed by atoms with E-state index in [2.05, 4.69) is 23.1 Å². The number of para-hydroxylation sites is 1. The Balaban J connectivity index is 1.45. The van der Waals surface area contributed by atoms with Gasteiger partial charge in [-0.3, -0.25) is 4.79 Å². The van der Waals surface area contributed by atoms with Crippen LogP contribution >= 0.6 is 11.8 Å². The van der Waals surface area contributed by atoms with E-state index in [9.17, 15) is 4.79 Å². The molecule has 3 rings (SSSR count). The number of hydrogen-bond acceptors (Lipinski definition) is 4. The van der Waals surface area contributed by atoms with Gasteiger partial charge < -0.3 is 9.80 Å². The van der Waals surface area contributed by atoms with Gasteiger partial charge in [-0.1, -0.05) is 36.4 Å². The Morgan fingerprint density at radius 1 is 1.00 bits per heavy atom. The fourth-order valence-electron chi connectivity index (χ4n) is 2.95. The van der Waals surface area contributed by atoms with Gasteiger partial charge >= 0.3 is 0 Å². The fraction of sp³-hybridized carbons (Fsp3) is 0.300. The molecule has 0 spiro atoms. The third-order valence-corrected chi connectivity index (χ3v) is 5.34. The lowest BCUT2D eigenvalue weighted by atomic mass is 10.1. The topological polar surface area (TPSA) is 47.3 Å². The van der Waals surface area contributed by atoms with E-state index in [4.69, 9.17) is 5.26 Å². The number of rotatable bonds is 5. The largest absolute Gasteiger partial charge is 0.368 e. The molecule has 2 aromatic rings. The Bertz CT molecular complexity index is 749. The van der Waals surface area contributed by atoms with E-state index in [-0.39, 0.29) is 5.91 Å². The minimum atomic E-state index is 0.187. The summed E-state index contributed by atoms with van der Waals surface area (Å²) in [5.41, 5.74) is 2.91. The number of nitriles is 1. The lowest BCUT2D eigenvalue weighted by Gasteiger charge is -2.36. The molecule has 0 radical (unpaired) electrons. The number of carbonyl (C=O) groups excluding carboxylic acids is 1. The zero-order valence-electron chi connectivity index (χ0n) is 14.1. The molecule has 0 saturated carbocycles. The Kier molecular flexibility index (Phi) is 5.97. The first-order valence-electron chi connectivity index (χ1n) is 8.41. The highest BCUT2D eigenvalue weighted by Gasteiger charge is 2.21. The van der Waals surface area contributed by atoms with Crippen molar-refractivity contribution in [3.8, 4) is 6.07 Å². The van der Waals surface area contributed by atoms with Crippen LogP contribution in [0.25, 0.3) is 0 Å². The lowest BCUT2D eigenvalue weighted by Crippen LogP contribution is -2.49. The number of nitrogens with zero attached hydrogens (tertiary/aromatic N) is 3. The van der Waals surface area contributed by atoms with Gasteiger partial charge in [-0.25, -0.2) is 0 Å². The van der Waals surface area contributed by atoms with Crippen LogP contribution in [-0.4, -0.2) is 42.7 Å². The third-order valence-electron chi connectivity index (χ3n) is 4.37. The molecule has 0 N–H and O–H groups in total. The van der Waals surface area contributed by atoms with Crippen molar-refractivity contribution in [3.05, 3.63) is 65.7 Å². The predicted molar refractivity (Wildman–Crippen MR) is 103 cm³/mol. The molecule has 25 heavy (non-hydrogen) atoms. The van der Waals surface area contributed by atoms with E-state index >= 15 is 0 Å². The second-order valence-corrected chi connectivity index (χ2v) is 6.95. The molecule has 128 valence electrons. The zero-order valence-corrected chi connectivity index (χ0v) is 14.9. The highest BCUT2D eigenvalue weighted by atomic mass is 32.2. The number of anilines is 1. The van der Waals surface area contributed by atoms with Crippen molar-refractivity contribution in [2.75, 3.05) is 36.8 Å². The van der Waals surface area contributed by atoms with E-state index in [1.165, 1.54) is 5.69 Å². The van der Waals surface area contributed by atoms with Gasteiger partial charge in [0.25, 0.3) is 0 Å². The number of hydrogen-bond donors (Lipinski definition) is 0. The number of amides is 1. The molecule has 1 aliphatic rings. The molecule has 2 aromatic carbocycles. The van der Waals surface area contributed by atoms with Crippen LogP contribution in [-0.2, 0) is 10.5 Å². The first-order valence-corrected chi connectivity index (χ1v) is 9.57. The SMILES string of the molecule is N#Cc1ccccc1CSCC(=O)N1CCN(c2ccccc2)CC1. The Morgan fingerprint density at radius 3 is 2.40 bits per heavy atom. The van der Waals surface area contributed by atoms with Gasteiger partial charge in [0.2, 0.25) is 5.91 Å². The van der Waals surface area contributed by atoms with Crippen LogP contribution in [0.15, 0.2) is 54.6 Å². The first kappa shape index (κ1) is 17.4. The van der Waals surface area contributed by atoms with E-state index < -0.39 is 0 Å². The first-order chi connectivity index (χ1) is 12.3. The van der Waals surface area contributed by atoms with Crippen LogP contribution in [0.1, 0.15) is 11.1 Å². The van der Waals surface area contributed by atoms with E-state index in [0.717, 1.165) is 31.7 Å². The molecule has 0 unspecified atom stereocenters. The molecule has 1 heterocycles. The minimum absolute atomic E-state index is 0.187. The molecule has 1 fully saturated rings. The molecule has 4 nitrogen and oxygen atoms in total. The summed E-state index contributed by atoms with van der Waals surface area (Å²) in [5, 5.41) is 9.11. The van der Waals surface area contributed by atoms with Gasteiger partial charge in [0.15, 0.2) is 0 Å². The summed E-state index contributed by atoms with van der Waals surface area (Å²) in [6.07, 6.45) is 0. The van der Waals surface area contributed by atoms with Gasteiger partial charge in [0, 0.05) is 37.6 Å². The summed E-state index contributed by atoms with van der Waals surface area (Å²) in [6.45, 7) is 3.28. The molecule has 1 saturated heterocycles. The van der Waals surface area contributed by atoms with Crippen molar-refractivity contribution in [2.45, 2.75) is 5.75 Å². The standard InChI is InChI=1S/C20H21N3OS/c21-14-17-6-4-5-7-18(17)15-25-16-20(24)23-12-10-22(11-13-23)19-8-2-1-3-9-19/h1-9H,10-13,15-16H2. The molecule has 5 heteroatoms. The molecule has 0 atom stereocenters. The summed E-state index contributed by atoms with van der Waals surface area (Å²) in [6, 6.07) is 20.1. The van der Waals surface area contributed by atoms with Crippen molar-refractivity contribution in [2.24, 2.45) is 0 Å². The number of benzene rings is 2. The molecular formula is C20H21N3OS. The van der Waals surface area contributed by atoms with Crippen molar-refractivity contribution in [1.29, 1.82) is 5.26 Å². The number of carbonyl (C=O) groups is 1. The lowest BCUT2D eigenvalue weighted by molar-refractivity contribution is -0.128. The van der Waals surface area contributed by atoms with Gasteiger partial charge in [0.05, 0.1) is 17.4 Å². The van der Waals surface area contributed by atoms with Crippen LogP contribution in [0.2, 0.25) is 0 Å². The summed E-state index contributed by atoms with van der Waals surface area (Å²) in [7, 11) is 0. The summed E-state index contributed by atoms with van der Waals surface area (Å²) in [5.74, 6) is 1.34. The molecule has 0 aliphatic carbocycles. The normalized spacial score (nSPS) is 14.2. The number of thioether (sulfide) groups is 1. The second kappa shape index (κ2) is 8.59. The molecule has 1 amide bonds. The highest BCUT2D eigenvalue weighted by Crippen LogP contribution is 2.18. The number of piperazine rings is 1. The quantitative estimate of drug-likeness (QED) is 0.830. The summed E-state index contributed by atoms with van der Waals surface area (Å²) in [4.78, 5) is 16.7. The monoisotopic (exact) mass is 351 g/mol.